The van der Waals surface area contributed by atoms with Gasteiger partial charge in [0.2, 0.25) is 10.0 Å². The van der Waals surface area contributed by atoms with Crippen molar-refractivity contribution in [1.82, 2.24) is 4.72 Å². The lowest BCUT2D eigenvalue weighted by molar-refractivity contribution is 0.317. The van der Waals surface area contributed by atoms with E-state index in [-0.39, 0.29) is 16.4 Å². The van der Waals surface area contributed by atoms with E-state index in [0.717, 1.165) is 11.1 Å². The summed E-state index contributed by atoms with van der Waals surface area (Å²) in [6, 6.07) is 3.33. The first-order chi connectivity index (χ1) is 8.99. The summed E-state index contributed by atoms with van der Waals surface area (Å²) in [4.78, 5) is 0.244. The summed E-state index contributed by atoms with van der Waals surface area (Å²) in [5, 5.41) is 0. The zero-order valence-electron chi connectivity index (χ0n) is 12.6. The molecule has 3 N–H and O–H groups in total. The number of hydrogen-bond donors (Lipinski definition) is 2. The first kappa shape index (κ1) is 17.6. The van der Waals surface area contributed by atoms with Crippen molar-refractivity contribution in [2.75, 3.05) is 0 Å². The predicted octanol–water partition coefficient (Wildman–Crippen LogP) is 2.93. The average Bonchev–Trinajstić information content (AvgIpc) is 2.30. The van der Waals surface area contributed by atoms with Crippen LogP contribution in [0.15, 0.2) is 21.5 Å². The Balaban J connectivity index is 3.26. The monoisotopic (exact) mass is 362 g/mol. The number of rotatable bonds is 4. The largest absolute Gasteiger partial charge is 0.326 e. The van der Waals surface area contributed by atoms with E-state index in [0.29, 0.717) is 11.0 Å². The molecule has 0 amide bonds. The third-order valence-corrected chi connectivity index (χ3v) is 6.32. The Morgan fingerprint density at radius 3 is 2.35 bits per heavy atom. The summed E-state index contributed by atoms with van der Waals surface area (Å²) < 4.78 is 28.4. The Morgan fingerprint density at radius 2 is 1.90 bits per heavy atom. The van der Waals surface area contributed by atoms with Gasteiger partial charge in [0.1, 0.15) is 0 Å². The number of benzene rings is 1. The lowest BCUT2D eigenvalue weighted by atomic mass is 9.89. The fourth-order valence-corrected chi connectivity index (χ4v) is 4.11. The molecule has 0 aliphatic heterocycles. The zero-order valence-corrected chi connectivity index (χ0v) is 15.0. The highest BCUT2D eigenvalue weighted by Gasteiger charge is 2.27. The summed E-state index contributed by atoms with van der Waals surface area (Å²) in [5.74, 6) is 0. The van der Waals surface area contributed by atoms with Crippen molar-refractivity contribution in [3.63, 3.8) is 0 Å². The number of nitrogens with two attached hydrogens (primary N) is 1. The molecule has 1 atom stereocenters. The Kier molecular flexibility index (Phi) is 5.40. The van der Waals surface area contributed by atoms with Gasteiger partial charge in [-0.1, -0.05) is 26.8 Å². The summed E-state index contributed by atoms with van der Waals surface area (Å²) in [7, 11) is -3.58. The van der Waals surface area contributed by atoms with Crippen LogP contribution in [0, 0.1) is 12.3 Å². The molecule has 0 spiro atoms. The molecule has 20 heavy (non-hydrogen) atoms. The van der Waals surface area contributed by atoms with Gasteiger partial charge in [-0.2, -0.15) is 0 Å². The van der Waals surface area contributed by atoms with Crippen LogP contribution in [0.2, 0.25) is 0 Å². The molecular formula is C14H23BrN2O2S. The minimum atomic E-state index is -3.58. The second kappa shape index (κ2) is 6.13. The number of aryl methyl sites for hydroxylation is 1. The summed E-state index contributed by atoms with van der Waals surface area (Å²) in [6.07, 6.45) is 0. The standard InChI is InChI=1S/C14H23BrN2O2S/c1-9-6-11(8-16)7-12(13(9)15)20(18,19)17-10(2)14(3,4)5/h6-7,10,17H,8,16H2,1-5H3. The topological polar surface area (TPSA) is 72.2 Å². The lowest BCUT2D eigenvalue weighted by Crippen LogP contribution is -2.41. The van der Waals surface area contributed by atoms with Crippen molar-refractivity contribution in [3.8, 4) is 0 Å². The third-order valence-electron chi connectivity index (χ3n) is 3.44. The van der Waals surface area contributed by atoms with Gasteiger partial charge in [0.05, 0.1) is 4.90 Å². The van der Waals surface area contributed by atoms with Crippen molar-refractivity contribution < 1.29 is 8.42 Å². The predicted molar refractivity (Wildman–Crippen MR) is 86.0 cm³/mol. The Bertz CT molecular complexity index is 592. The smallest absolute Gasteiger partial charge is 0.241 e. The number of hydrogen-bond acceptors (Lipinski definition) is 3. The second-order valence-corrected chi connectivity index (χ2v) is 8.61. The molecule has 0 bridgehead atoms. The number of sulfonamides is 1. The first-order valence-corrected chi connectivity index (χ1v) is 8.78. The SMILES string of the molecule is Cc1cc(CN)cc(S(=O)(=O)NC(C)C(C)(C)C)c1Br. The first-order valence-electron chi connectivity index (χ1n) is 6.50. The minimum Gasteiger partial charge on any atom is -0.326 e. The number of halogens is 1. The van der Waals surface area contributed by atoms with E-state index in [1.165, 1.54) is 0 Å². The van der Waals surface area contributed by atoms with Crippen LogP contribution in [0.1, 0.15) is 38.8 Å². The molecule has 0 aliphatic rings. The van der Waals surface area contributed by atoms with Crippen molar-refractivity contribution in [2.45, 2.75) is 52.1 Å². The van der Waals surface area contributed by atoms with Crippen molar-refractivity contribution in [2.24, 2.45) is 11.1 Å². The molecule has 0 aromatic heterocycles. The van der Waals surface area contributed by atoms with Crippen LogP contribution in [0.25, 0.3) is 0 Å². The molecule has 0 radical (unpaired) electrons. The quantitative estimate of drug-likeness (QED) is 0.864. The maximum absolute atomic E-state index is 12.5. The molecule has 6 heteroatoms. The highest BCUT2D eigenvalue weighted by atomic mass is 79.9. The van der Waals surface area contributed by atoms with Gasteiger partial charge in [-0.15, -0.1) is 0 Å². The van der Waals surface area contributed by atoms with E-state index >= 15 is 0 Å². The molecule has 0 heterocycles. The molecule has 1 aromatic rings. The van der Waals surface area contributed by atoms with Gasteiger partial charge in [0, 0.05) is 17.1 Å². The van der Waals surface area contributed by atoms with E-state index in [1.54, 1.807) is 6.07 Å². The van der Waals surface area contributed by atoms with E-state index in [1.807, 2.05) is 40.7 Å². The molecule has 0 saturated carbocycles. The van der Waals surface area contributed by atoms with Crippen LogP contribution < -0.4 is 10.5 Å². The highest BCUT2D eigenvalue weighted by molar-refractivity contribution is 9.10. The van der Waals surface area contributed by atoms with Gasteiger partial charge in [-0.05, 0) is 52.4 Å². The van der Waals surface area contributed by atoms with Crippen LogP contribution in [0.5, 0.6) is 0 Å². The molecule has 0 aliphatic carbocycles. The van der Waals surface area contributed by atoms with Gasteiger partial charge in [0.15, 0.2) is 0 Å². The van der Waals surface area contributed by atoms with Gasteiger partial charge in [0.25, 0.3) is 0 Å². The Morgan fingerprint density at radius 1 is 1.35 bits per heavy atom. The van der Waals surface area contributed by atoms with Crippen LogP contribution in [-0.4, -0.2) is 14.5 Å². The lowest BCUT2D eigenvalue weighted by Gasteiger charge is -2.28. The molecular weight excluding hydrogens is 340 g/mol. The molecule has 0 fully saturated rings. The third kappa shape index (κ3) is 4.04. The van der Waals surface area contributed by atoms with Crippen LogP contribution in [-0.2, 0) is 16.6 Å². The highest BCUT2D eigenvalue weighted by Crippen LogP contribution is 2.28. The zero-order chi connectivity index (χ0) is 15.7. The Hall–Kier alpha value is -0.430. The molecule has 114 valence electrons. The fraction of sp³-hybridized carbons (Fsp3) is 0.571. The summed E-state index contributed by atoms with van der Waals surface area (Å²) in [5.41, 5.74) is 7.13. The maximum atomic E-state index is 12.5. The van der Waals surface area contributed by atoms with Crippen LogP contribution in [0.4, 0.5) is 0 Å². The molecule has 0 saturated heterocycles. The van der Waals surface area contributed by atoms with E-state index in [2.05, 4.69) is 20.7 Å². The normalized spacial score (nSPS) is 14.3. The van der Waals surface area contributed by atoms with Gasteiger partial charge < -0.3 is 5.73 Å². The fourth-order valence-electron chi connectivity index (χ4n) is 1.60. The van der Waals surface area contributed by atoms with Crippen molar-refractivity contribution in [3.05, 3.63) is 27.7 Å². The average molecular weight is 363 g/mol. The molecule has 1 aromatic carbocycles. The van der Waals surface area contributed by atoms with Gasteiger partial charge in [-0.3, -0.25) is 0 Å². The van der Waals surface area contributed by atoms with E-state index < -0.39 is 10.0 Å². The van der Waals surface area contributed by atoms with E-state index in [4.69, 9.17) is 5.73 Å². The second-order valence-electron chi connectivity index (χ2n) is 6.14. The minimum absolute atomic E-state index is 0.153. The van der Waals surface area contributed by atoms with Gasteiger partial charge >= 0.3 is 0 Å². The van der Waals surface area contributed by atoms with Crippen molar-refractivity contribution >= 4 is 26.0 Å². The van der Waals surface area contributed by atoms with E-state index in [9.17, 15) is 8.42 Å². The summed E-state index contributed by atoms with van der Waals surface area (Å²) >= 11 is 3.36. The Labute approximate surface area is 130 Å². The van der Waals surface area contributed by atoms with Crippen LogP contribution >= 0.6 is 15.9 Å². The molecule has 4 nitrogen and oxygen atoms in total. The summed E-state index contributed by atoms with van der Waals surface area (Å²) in [6.45, 7) is 10.0. The maximum Gasteiger partial charge on any atom is 0.241 e. The molecule has 1 rings (SSSR count). The van der Waals surface area contributed by atoms with Crippen LogP contribution in [0.3, 0.4) is 0 Å². The number of nitrogens with one attached hydrogen (secondary N) is 1. The van der Waals surface area contributed by atoms with Gasteiger partial charge in [-0.25, -0.2) is 13.1 Å². The van der Waals surface area contributed by atoms with Crippen molar-refractivity contribution in [1.29, 1.82) is 0 Å². The molecule has 1 unspecified atom stereocenters.